The lowest BCUT2D eigenvalue weighted by Gasteiger charge is -2.03. The largest absolute Gasteiger partial charge is 0.240 e. The van der Waals surface area contributed by atoms with Crippen molar-refractivity contribution < 1.29 is 12.3 Å². The van der Waals surface area contributed by atoms with Crippen LogP contribution >= 0.6 is 15.9 Å². The van der Waals surface area contributed by atoms with E-state index in [9.17, 15) is 0 Å². The van der Waals surface area contributed by atoms with Crippen molar-refractivity contribution in [1.82, 2.24) is 9.78 Å². The van der Waals surface area contributed by atoms with Crippen LogP contribution in [0.25, 0.3) is 5.69 Å². The smallest absolute Gasteiger partial charge is 0.128 e. The molecule has 0 spiro atoms. The van der Waals surface area contributed by atoms with E-state index in [2.05, 4.69) is 21.0 Å². The molecule has 13 heavy (non-hydrogen) atoms. The van der Waals surface area contributed by atoms with Crippen molar-refractivity contribution in [2.24, 2.45) is 0 Å². The van der Waals surface area contributed by atoms with Crippen LogP contribution in [0.4, 0.5) is 0 Å². The van der Waals surface area contributed by atoms with Gasteiger partial charge in [0.05, 0.1) is 13.9 Å². The summed E-state index contributed by atoms with van der Waals surface area (Å²) in [7, 11) is 0. The number of rotatable bonds is 1. The number of halogens is 1. The minimum absolute atomic E-state index is 0.0265. The average molecular weight is 246 g/mol. The van der Waals surface area contributed by atoms with E-state index < -0.39 is 48.4 Å². The van der Waals surface area contributed by atoms with Crippen LogP contribution in [0.1, 0.15) is 17.9 Å². The van der Waals surface area contributed by atoms with Gasteiger partial charge in [-0.2, -0.15) is 5.10 Å². The summed E-state index contributed by atoms with van der Waals surface area (Å²) in [6.45, 7) is -2.83. The number of benzene rings is 1. The van der Waals surface area contributed by atoms with E-state index in [1.54, 1.807) is 0 Å². The van der Waals surface area contributed by atoms with Gasteiger partial charge in [-0.1, -0.05) is 18.1 Å². The molecular formula is C10H9BrN2. The third-order valence-corrected chi connectivity index (χ3v) is 1.69. The zero-order valence-electron chi connectivity index (χ0n) is 15.3. The van der Waals surface area contributed by atoms with Crippen molar-refractivity contribution >= 4 is 15.9 Å². The van der Waals surface area contributed by atoms with Crippen molar-refractivity contribution in [2.45, 2.75) is 6.85 Å². The minimum atomic E-state index is -2.83. The van der Waals surface area contributed by atoms with Crippen molar-refractivity contribution in [3.05, 3.63) is 46.6 Å². The maximum atomic E-state index is 7.91. The SMILES string of the molecule is [2H]c1c([2H])c([2H])c(C([2H])([2H])[2H])c(-n2nc(Br)c([2H])c2[2H])c1[2H]. The number of nitrogens with zero attached hydrogens (tertiary/aromatic N) is 2. The lowest BCUT2D eigenvalue weighted by Crippen LogP contribution is -1.96. The monoisotopic (exact) mass is 245 g/mol. The minimum Gasteiger partial charge on any atom is -0.240 e. The summed E-state index contributed by atoms with van der Waals surface area (Å²) in [5.74, 6) is 0. The molecule has 0 fully saturated rings. The third kappa shape index (κ3) is 1.65. The van der Waals surface area contributed by atoms with Crippen molar-refractivity contribution in [3.8, 4) is 5.69 Å². The van der Waals surface area contributed by atoms with Crippen LogP contribution in [0.2, 0.25) is 0 Å². The van der Waals surface area contributed by atoms with Gasteiger partial charge >= 0.3 is 0 Å². The van der Waals surface area contributed by atoms with Crippen LogP contribution in [0.15, 0.2) is 41.0 Å². The zero-order chi connectivity index (χ0) is 17.0. The van der Waals surface area contributed by atoms with Gasteiger partial charge in [-0.05, 0) is 40.4 Å². The number of hydrogen-bond acceptors (Lipinski definition) is 1. The first-order chi connectivity index (χ1) is 9.98. The molecule has 0 saturated heterocycles. The molecule has 1 heterocycles. The average Bonchev–Trinajstić information content (AvgIpc) is 2.66. The lowest BCUT2D eigenvalue weighted by molar-refractivity contribution is 0.863. The van der Waals surface area contributed by atoms with Crippen LogP contribution in [0.5, 0.6) is 0 Å². The Balaban J connectivity index is 3.00. The van der Waals surface area contributed by atoms with Crippen LogP contribution in [-0.4, -0.2) is 9.78 Å². The molecule has 0 aliphatic rings. The fourth-order valence-electron chi connectivity index (χ4n) is 0.808. The van der Waals surface area contributed by atoms with E-state index in [0.29, 0.717) is 0 Å². The fourth-order valence-corrected chi connectivity index (χ4v) is 1.05. The van der Waals surface area contributed by atoms with E-state index in [0.717, 1.165) is 4.68 Å². The van der Waals surface area contributed by atoms with Gasteiger partial charge in [0, 0.05) is 10.3 Å². The quantitative estimate of drug-likeness (QED) is 0.756. The molecular weight excluding hydrogens is 228 g/mol. The molecule has 66 valence electrons. The van der Waals surface area contributed by atoms with Gasteiger partial charge in [-0.3, -0.25) is 0 Å². The molecule has 0 unspecified atom stereocenters. The van der Waals surface area contributed by atoms with E-state index >= 15 is 0 Å². The van der Waals surface area contributed by atoms with Crippen LogP contribution < -0.4 is 0 Å². The van der Waals surface area contributed by atoms with Crippen molar-refractivity contribution in [2.75, 3.05) is 0 Å². The molecule has 0 atom stereocenters. The number of aromatic nitrogens is 2. The highest BCUT2D eigenvalue weighted by atomic mass is 79.9. The second-order valence-electron chi connectivity index (χ2n) is 2.16. The Kier molecular flexibility index (Phi) is 0.759. The van der Waals surface area contributed by atoms with E-state index in [1.165, 1.54) is 0 Å². The standard InChI is InChI=1S/C10H9BrN2/c1-8-4-2-3-5-9(8)13-7-6-10(11)12-13/h2-7H,1H3/i1D3,2D,3D,4D,5D,6D,7D. The molecule has 0 aliphatic heterocycles. The van der Waals surface area contributed by atoms with Crippen LogP contribution in [0.3, 0.4) is 0 Å². The van der Waals surface area contributed by atoms with E-state index in [-0.39, 0.29) is 10.6 Å². The topological polar surface area (TPSA) is 17.8 Å². The zero-order valence-corrected chi connectivity index (χ0v) is 7.86. The Bertz CT molecular complexity index is 765. The summed E-state index contributed by atoms with van der Waals surface area (Å²) >= 11 is 2.94. The summed E-state index contributed by atoms with van der Waals surface area (Å²) in [6, 6.07) is -2.97. The molecule has 1 aromatic carbocycles. The molecule has 1 aromatic heterocycles. The lowest BCUT2D eigenvalue weighted by atomic mass is 10.2. The second kappa shape index (κ2) is 3.34. The normalized spacial score (nSPS) is 21.2. The maximum Gasteiger partial charge on any atom is 0.128 e. The predicted octanol–water partition coefficient (Wildman–Crippen LogP) is 2.94. The molecule has 2 rings (SSSR count). The van der Waals surface area contributed by atoms with Gasteiger partial charge in [0.1, 0.15) is 4.60 Å². The Morgan fingerprint density at radius 3 is 3.00 bits per heavy atom. The second-order valence-corrected chi connectivity index (χ2v) is 2.91. The molecule has 0 bridgehead atoms. The van der Waals surface area contributed by atoms with Gasteiger partial charge in [0.25, 0.3) is 0 Å². The van der Waals surface area contributed by atoms with Gasteiger partial charge < -0.3 is 0 Å². The summed E-state index contributed by atoms with van der Waals surface area (Å²) in [5.41, 5.74) is -1.09. The molecule has 2 nitrogen and oxygen atoms in total. The first kappa shape index (κ1) is 2.95. The number of para-hydroxylation sites is 1. The Morgan fingerprint density at radius 1 is 1.46 bits per heavy atom. The highest BCUT2D eigenvalue weighted by Gasteiger charge is 2.00. The fraction of sp³-hybridized carbons (Fsp3) is 0.100. The van der Waals surface area contributed by atoms with Crippen molar-refractivity contribution in [1.29, 1.82) is 0 Å². The maximum absolute atomic E-state index is 7.91. The molecule has 0 saturated carbocycles. The summed E-state index contributed by atoms with van der Waals surface area (Å²) in [6.07, 6.45) is -0.484. The number of hydrogen-bond donors (Lipinski definition) is 0. The van der Waals surface area contributed by atoms with Gasteiger partial charge in [-0.15, -0.1) is 0 Å². The third-order valence-electron chi connectivity index (χ3n) is 1.33. The summed E-state index contributed by atoms with van der Waals surface area (Å²) in [5, 5.41) is 3.79. The Morgan fingerprint density at radius 2 is 2.31 bits per heavy atom. The van der Waals surface area contributed by atoms with E-state index in [1.807, 2.05) is 0 Å². The van der Waals surface area contributed by atoms with E-state index in [4.69, 9.17) is 12.3 Å². The molecule has 0 N–H and O–H groups in total. The molecule has 0 radical (unpaired) electrons. The Hall–Kier alpha value is -1.09. The van der Waals surface area contributed by atoms with Gasteiger partial charge in [0.2, 0.25) is 0 Å². The molecule has 0 amide bonds. The molecule has 3 heteroatoms. The van der Waals surface area contributed by atoms with Crippen molar-refractivity contribution in [3.63, 3.8) is 0 Å². The van der Waals surface area contributed by atoms with Crippen LogP contribution in [-0.2, 0) is 0 Å². The molecule has 0 aliphatic carbocycles. The summed E-state index contributed by atoms with van der Waals surface area (Å²) in [4.78, 5) is 0. The first-order valence-corrected chi connectivity index (χ1v) is 4.10. The van der Waals surface area contributed by atoms with Gasteiger partial charge in [-0.25, -0.2) is 4.68 Å². The highest BCUT2D eigenvalue weighted by Crippen LogP contribution is 2.14. The van der Waals surface area contributed by atoms with Gasteiger partial charge in [0.15, 0.2) is 0 Å². The highest BCUT2D eigenvalue weighted by molar-refractivity contribution is 9.10. The van der Waals surface area contributed by atoms with Crippen LogP contribution in [0, 0.1) is 6.85 Å². The molecule has 2 aromatic rings. The summed E-state index contributed by atoms with van der Waals surface area (Å²) < 4.78 is 69.6. The Labute approximate surface area is 98.0 Å². The first-order valence-electron chi connectivity index (χ1n) is 7.81. The predicted molar refractivity (Wildman–Crippen MR) is 56.0 cm³/mol.